The Labute approximate surface area is 88.7 Å². The van der Waals surface area contributed by atoms with Gasteiger partial charge in [-0.1, -0.05) is 19.1 Å². The Morgan fingerprint density at radius 1 is 1.07 bits per heavy atom. The summed E-state index contributed by atoms with van der Waals surface area (Å²) in [6.45, 7) is 2.20. The lowest BCUT2D eigenvalue weighted by atomic mass is 10.2. The first-order valence-electron chi connectivity index (χ1n) is 5.36. The molecule has 0 spiro atoms. The average molecular weight is 198 g/mol. The summed E-state index contributed by atoms with van der Waals surface area (Å²) in [5.74, 6) is 0. The molecule has 0 amide bonds. The Kier molecular flexibility index (Phi) is 1.66. The molecule has 2 heteroatoms. The van der Waals surface area contributed by atoms with Crippen molar-refractivity contribution in [2.24, 2.45) is 7.05 Å². The van der Waals surface area contributed by atoms with Crippen molar-refractivity contribution in [1.29, 1.82) is 0 Å². The quantitative estimate of drug-likeness (QED) is 0.568. The van der Waals surface area contributed by atoms with Crippen molar-refractivity contribution < 1.29 is 0 Å². The summed E-state index contributed by atoms with van der Waals surface area (Å²) in [6.07, 6.45) is 3.25. The van der Waals surface area contributed by atoms with Crippen LogP contribution in [0.3, 0.4) is 0 Å². The van der Waals surface area contributed by atoms with Crippen molar-refractivity contribution in [2.75, 3.05) is 0 Å². The van der Waals surface area contributed by atoms with E-state index >= 15 is 0 Å². The Balaban J connectivity index is 2.58. The van der Waals surface area contributed by atoms with Gasteiger partial charge in [0.15, 0.2) is 0 Å². The highest BCUT2D eigenvalue weighted by molar-refractivity contribution is 5.82. The lowest BCUT2D eigenvalue weighted by Gasteiger charge is -1.97. The van der Waals surface area contributed by atoms with E-state index in [2.05, 4.69) is 59.5 Å². The van der Waals surface area contributed by atoms with Gasteiger partial charge in [-0.05, 0) is 30.2 Å². The van der Waals surface area contributed by atoms with Crippen LogP contribution in [0, 0.1) is 0 Å². The molecule has 0 aliphatic heterocycles. The maximum absolute atomic E-state index is 2.27. The van der Waals surface area contributed by atoms with Gasteiger partial charge in [0, 0.05) is 13.2 Å². The van der Waals surface area contributed by atoms with E-state index in [9.17, 15) is 0 Å². The summed E-state index contributed by atoms with van der Waals surface area (Å²) in [5, 5.41) is 0. The number of para-hydroxylation sites is 2. The topological polar surface area (TPSA) is 9.34 Å². The van der Waals surface area contributed by atoms with E-state index in [1.807, 2.05) is 0 Å². The molecule has 0 saturated heterocycles. The third kappa shape index (κ3) is 0.990. The Bertz CT molecular complexity index is 628. The lowest BCUT2D eigenvalue weighted by Crippen LogP contribution is -1.90. The van der Waals surface area contributed by atoms with Crippen LogP contribution in [0.4, 0.5) is 0 Å². The van der Waals surface area contributed by atoms with Crippen LogP contribution in [0.5, 0.6) is 0 Å². The lowest BCUT2D eigenvalue weighted by molar-refractivity contribution is 0.976. The number of aryl methyl sites for hydroxylation is 2. The largest absolute Gasteiger partial charge is 0.329 e. The molecule has 0 atom stereocenters. The van der Waals surface area contributed by atoms with Gasteiger partial charge in [0.2, 0.25) is 0 Å². The second-order valence-corrected chi connectivity index (χ2v) is 3.94. The van der Waals surface area contributed by atoms with E-state index < -0.39 is 0 Å². The van der Waals surface area contributed by atoms with Gasteiger partial charge in [0.25, 0.3) is 0 Å². The van der Waals surface area contributed by atoms with Crippen LogP contribution in [0.2, 0.25) is 0 Å². The van der Waals surface area contributed by atoms with E-state index in [4.69, 9.17) is 0 Å². The van der Waals surface area contributed by atoms with Crippen molar-refractivity contribution >= 4 is 16.7 Å². The molecule has 0 bridgehead atoms. The molecule has 0 fully saturated rings. The van der Waals surface area contributed by atoms with Crippen molar-refractivity contribution in [3.05, 3.63) is 42.1 Å². The molecule has 0 N–H and O–H groups in total. The second kappa shape index (κ2) is 2.89. The molecule has 0 unspecified atom stereocenters. The van der Waals surface area contributed by atoms with Crippen LogP contribution in [-0.4, -0.2) is 8.97 Å². The van der Waals surface area contributed by atoms with E-state index in [0.29, 0.717) is 0 Å². The van der Waals surface area contributed by atoms with Crippen molar-refractivity contribution in [3.63, 3.8) is 0 Å². The SMILES string of the molecule is CCc1ccn2c3ccccc3n(C)c12. The fourth-order valence-corrected chi connectivity index (χ4v) is 2.38. The predicted octanol–water partition coefficient (Wildman–Crippen LogP) is 2.99. The summed E-state index contributed by atoms with van der Waals surface area (Å²) in [4.78, 5) is 0. The number of imidazole rings is 1. The highest BCUT2D eigenvalue weighted by atomic mass is 15.1. The number of nitrogens with zero attached hydrogens (tertiary/aromatic N) is 2. The molecule has 2 heterocycles. The Morgan fingerprint density at radius 3 is 2.53 bits per heavy atom. The number of aromatic nitrogens is 2. The van der Waals surface area contributed by atoms with Crippen LogP contribution >= 0.6 is 0 Å². The molecule has 15 heavy (non-hydrogen) atoms. The first kappa shape index (κ1) is 8.60. The standard InChI is InChI=1S/C13H14N2/c1-3-10-8-9-15-12-7-5-4-6-11(12)14(2)13(10)15/h4-9H,3H2,1-2H3. The van der Waals surface area contributed by atoms with Gasteiger partial charge >= 0.3 is 0 Å². The smallest absolute Gasteiger partial charge is 0.120 e. The highest BCUT2D eigenvalue weighted by Gasteiger charge is 2.09. The first-order chi connectivity index (χ1) is 7.33. The molecule has 76 valence electrons. The molecule has 3 rings (SSSR count). The van der Waals surface area contributed by atoms with Crippen LogP contribution in [0.25, 0.3) is 16.7 Å². The summed E-state index contributed by atoms with van der Waals surface area (Å²) in [6, 6.07) is 10.7. The maximum Gasteiger partial charge on any atom is 0.120 e. The summed E-state index contributed by atoms with van der Waals surface area (Å²) in [7, 11) is 2.14. The molecule has 0 saturated carbocycles. The van der Waals surface area contributed by atoms with Gasteiger partial charge in [0.1, 0.15) is 5.65 Å². The van der Waals surface area contributed by atoms with Crippen molar-refractivity contribution in [1.82, 2.24) is 8.97 Å². The third-order valence-corrected chi connectivity index (χ3v) is 3.14. The minimum Gasteiger partial charge on any atom is -0.329 e. The van der Waals surface area contributed by atoms with Gasteiger partial charge in [-0.15, -0.1) is 0 Å². The summed E-state index contributed by atoms with van der Waals surface area (Å²) >= 11 is 0. The van der Waals surface area contributed by atoms with Crippen LogP contribution in [-0.2, 0) is 13.5 Å². The van der Waals surface area contributed by atoms with Crippen LogP contribution in [0.1, 0.15) is 12.5 Å². The number of hydrogen-bond acceptors (Lipinski definition) is 0. The Morgan fingerprint density at radius 2 is 1.80 bits per heavy atom. The zero-order valence-electron chi connectivity index (χ0n) is 9.07. The molecular formula is C13H14N2. The zero-order chi connectivity index (χ0) is 10.4. The normalized spacial score (nSPS) is 11.6. The summed E-state index contributed by atoms with van der Waals surface area (Å²) < 4.78 is 4.54. The van der Waals surface area contributed by atoms with E-state index in [-0.39, 0.29) is 0 Å². The average Bonchev–Trinajstić information content (AvgIpc) is 2.81. The second-order valence-electron chi connectivity index (χ2n) is 3.94. The Hall–Kier alpha value is -1.70. The number of rotatable bonds is 1. The molecule has 2 aromatic heterocycles. The van der Waals surface area contributed by atoms with Gasteiger partial charge in [-0.2, -0.15) is 0 Å². The first-order valence-corrected chi connectivity index (χ1v) is 5.36. The molecule has 1 aromatic carbocycles. The number of hydrogen-bond donors (Lipinski definition) is 0. The van der Waals surface area contributed by atoms with Crippen LogP contribution < -0.4 is 0 Å². The molecule has 0 radical (unpaired) electrons. The minimum absolute atomic E-state index is 1.08. The third-order valence-electron chi connectivity index (χ3n) is 3.14. The molecular weight excluding hydrogens is 184 g/mol. The molecule has 2 nitrogen and oxygen atoms in total. The van der Waals surface area contributed by atoms with E-state index in [1.54, 1.807) is 0 Å². The van der Waals surface area contributed by atoms with E-state index in [1.165, 1.54) is 22.2 Å². The predicted molar refractivity (Wildman–Crippen MR) is 63.3 cm³/mol. The van der Waals surface area contributed by atoms with Gasteiger partial charge in [-0.25, -0.2) is 0 Å². The highest BCUT2D eigenvalue weighted by Crippen LogP contribution is 2.23. The van der Waals surface area contributed by atoms with E-state index in [0.717, 1.165) is 6.42 Å². The van der Waals surface area contributed by atoms with Gasteiger partial charge in [0.05, 0.1) is 11.0 Å². The van der Waals surface area contributed by atoms with Crippen LogP contribution in [0.15, 0.2) is 36.5 Å². The maximum atomic E-state index is 2.27. The number of benzene rings is 1. The number of fused-ring (bicyclic) bond motifs is 3. The van der Waals surface area contributed by atoms with Crippen molar-refractivity contribution in [3.8, 4) is 0 Å². The fourth-order valence-electron chi connectivity index (χ4n) is 2.38. The fraction of sp³-hybridized carbons (Fsp3) is 0.231. The molecule has 3 aromatic rings. The van der Waals surface area contributed by atoms with Gasteiger partial charge < -0.3 is 8.97 Å². The van der Waals surface area contributed by atoms with Gasteiger partial charge in [-0.3, -0.25) is 0 Å². The summed E-state index contributed by atoms with van der Waals surface area (Å²) in [5.41, 5.74) is 5.31. The molecule has 0 aliphatic carbocycles. The zero-order valence-corrected chi connectivity index (χ0v) is 9.07. The monoisotopic (exact) mass is 198 g/mol. The minimum atomic E-state index is 1.08. The van der Waals surface area contributed by atoms with Crippen molar-refractivity contribution in [2.45, 2.75) is 13.3 Å². The molecule has 0 aliphatic rings.